The van der Waals surface area contributed by atoms with Crippen molar-refractivity contribution >= 4 is 34.1 Å². The fourth-order valence-electron chi connectivity index (χ4n) is 2.63. The minimum Gasteiger partial charge on any atom is -0.481 e. The van der Waals surface area contributed by atoms with Gasteiger partial charge in [-0.15, -0.1) is 0 Å². The van der Waals surface area contributed by atoms with Crippen molar-refractivity contribution in [2.75, 3.05) is 0 Å². The van der Waals surface area contributed by atoms with Crippen molar-refractivity contribution < 1.29 is 9.90 Å². The Morgan fingerprint density at radius 3 is 2.81 bits per heavy atom. The molecule has 0 fully saturated rings. The molecule has 21 heavy (non-hydrogen) atoms. The van der Waals surface area contributed by atoms with Gasteiger partial charge in [0.25, 0.3) is 5.56 Å². The second kappa shape index (κ2) is 4.93. The van der Waals surface area contributed by atoms with E-state index in [0.717, 1.165) is 16.8 Å². The lowest BCUT2D eigenvalue weighted by molar-refractivity contribution is -0.136. The molecule has 0 bridgehead atoms. The first-order valence-corrected chi connectivity index (χ1v) is 6.89. The molecule has 0 aliphatic heterocycles. The van der Waals surface area contributed by atoms with Gasteiger partial charge in [-0.2, -0.15) is 0 Å². The van der Waals surface area contributed by atoms with Crippen molar-refractivity contribution in [3.63, 3.8) is 0 Å². The van der Waals surface area contributed by atoms with Crippen LogP contribution < -0.4 is 5.56 Å². The maximum Gasteiger partial charge on any atom is 0.303 e. The van der Waals surface area contributed by atoms with E-state index in [2.05, 4.69) is 4.98 Å². The Morgan fingerprint density at radius 2 is 2.10 bits per heavy atom. The maximum atomic E-state index is 12.2. The molecule has 2 N–H and O–H groups in total. The van der Waals surface area contributed by atoms with Gasteiger partial charge in [-0.1, -0.05) is 11.6 Å². The summed E-state index contributed by atoms with van der Waals surface area (Å²) in [5.41, 5.74) is 3.46. The molecule has 6 heteroatoms. The summed E-state index contributed by atoms with van der Waals surface area (Å²) < 4.78 is 1.80. The van der Waals surface area contributed by atoms with Gasteiger partial charge < -0.3 is 14.5 Å². The third-order valence-corrected chi connectivity index (χ3v) is 3.81. The summed E-state index contributed by atoms with van der Waals surface area (Å²) in [6.07, 6.45) is 0.377. The van der Waals surface area contributed by atoms with Crippen molar-refractivity contribution in [1.29, 1.82) is 0 Å². The lowest BCUT2D eigenvalue weighted by Crippen LogP contribution is -2.11. The van der Waals surface area contributed by atoms with E-state index >= 15 is 0 Å². The summed E-state index contributed by atoms with van der Waals surface area (Å²) in [7, 11) is 0. The number of hydrogen-bond acceptors (Lipinski definition) is 2. The molecular formula is C15H13ClN2O3. The first-order valence-electron chi connectivity index (χ1n) is 6.51. The number of carboxylic acids is 1. The highest BCUT2D eigenvalue weighted by Crippen LogP contribution is 2.23. The molecule has 0 aliphatic rings. The second-order valence-corrected chi connectivity index (χ2v) is 5.44. The Morgan fingerprint density at radius 1 is 1.33 bits per heavy atom. The first-order chi connectivity index (χ1) is 9.97. The fourth-order valence-corrected chi connectivity index (χ4v) is 2.80. The van der Waals surface area contributed by atoms with Crippen LogP contribution in [0, 0.1) is 6.92 Å². The lowest BCUT2D eigenvalue weighted by Gasteiger charge is -2.08. The molecular weight excluding hydrogens is 292 g/mol. The zero-order valence-electron chi connectivity index (χ0n) is 11.3. The molecule has 3 rings (SSSR count). The molecule has 0 aliphatic carbocycles. The van der Waals surface area contributed by atoms with Gasteiger partial charge in [0.2, 0.25) is 0 Å². The molecule has 2 heterocycles. The van der Waals surface area contributed by atoms with Gasteiger partial charge >= 0.3 is 5.97 Å². The van der Waals surface area contributed by atoms with Crippen LogP contribution in [0.5, 0.6) is 0 Å². The summed E-state index contributed by atoms with van der Waals surface area (Å²) in [6, 6.07) is 6.99. The van der Waals surface area contributed by atoms with Crippen molar-refractivity contribution in [3.8, 4) is 0 Å². The van der Waals surface area contributed by atoms with Crippen LogP contribution in [-0.2, 0) is 11.2 Å². The zero-order valence-corrected chi connectivity index (χ0v) is 12.1. The van der Waals surface area contributed by atoms with Crippen molar-refractivity contribution in [3.05, 3.63) is 50.9 Å². The first kappa shape index (κ1) is 13.7. The number of nitrogens with zero attached hydrogens (tertiary/aromatic N) is 1. The summed E-state index contributed by atoms with van der Waals surface area (Å²) >= 11 is 6.05. The zero-order chi connectivity index (χ0) is 15.1. The minimum absolute atomic E-state index is 0.0157. The molecule has 0 amide bonds. The van der Waals surface area contributed by atoms with Gasteiger partial charge in [-0.3, -0.25) is 9.59 Å². The van der Waals surface area contributed by atoms with Crippen LogP contribution >= 0.6 is 11.6 Å². The van der Waals surface area contributed by atoms with Crippen molar-refractivity contribution in [2.24, 2.45) is 0 Å². The fraction of sp³-hybridized carbons (Fsp3) is 0.200. The number of halogens is 1. The predicted molar refractivity (Wildman–Crippen MR) is 81.2 cm³/mol. The quantitative estimate of drug-likeness (QED) is 0.781. The van der Waals surface area contributed by atoms with Gasteiger partial charge in [-0.05, 0) is 43.2 Å². The summed E-state index contributed by atoms with van der Waals surface area (Å²) in [4.78, 5) is 25.8. The Balaban J connectivity index is 2.38. The molecule has 0 unspecified atom stereocenters. The molecule has 3 aromatic rings. The average Bonchev–Trinajstić information content (AvgIpc) is 2.75. The normalized spacial score (nSPS) is 11.3. The van der Waals surface area contributed by atoms with Crippen molar-refractivity contribution in [2.45, 2.75) is 19.8 Å². The molecule has 0 radical (unpaired) electrons. The number of aryl methyl sites for hydroxylation is 2. The van der Waals surface area contributed by atoms with Crippen LogP contribution in [0.1, 0.15) is 17.7 Å². The number of aromatic nitrogens is 2. The number of fused-ring (bicyclic) bond motifs is 3. The molecule has 2 aromatic heterocycles. The van der Waals surface area contributed by atoms with E-state index in [1.165, 1.54) is 0 Å². The van der Waals surface area contributed by atoms with Crippen LogP contribution in [0.25, 0.3) is 16.6 Å². The number of aliphatic carboxylic acids is 1. The Kier molecular flexibility index (Phi) is 3.22. The Hall–Kier alpha value is -2.27. The number of carboxylic acid groups (broad SMARTS) is 1. The van der Waals surface area contributed by atoms with E-state index < -0.39 is 5.97 Å². The van der Waals surface area contributed by atoms with E-state index in [1.54, 1.807) is 28.7 Å². The van der Waals surface area contributed by atoms with Crippen LogP contribution in [0.4, 0.5) is 0 Å². The number of aromatic amines is 1. The largest absolute Gasteiger partial charge is 0.481 e. The number of carbonyl (C=O) groups is 1. The number of hydrogen-bond donors (Lipinski definition) is 2. The molecule has 108 valence electrons. The van der Waals surface area contributed by atoms with Crippen LogP contribution in [0.2, 0.25) is 5.02 Å². The van der Waals surface area contributed by atoms with Gasteiger partial charge in [0.1, 0.15) is 5.52 Å². The topological polar surface area (TPSA) is 74.6 Å². The lowest BCUT2D eigenvalue weighted by atomic mass is 10.1. The molecule has 0 spiro atoms. The molecule has 0 saturated heterocycles. The molecule has 0 saturated carbocycles. The van der Waals surface area contributed by atoms with Gasteiger partial charge in [0.15, 0.2) is 0 Å². The summed E-state index contributed by atoms with van der Waals surface area (Å²) in [6.45, 7) is 1.88. The Bertz CT molecular complexity index is 924. The van der Waals surface area contributed by atoms with Gasteiger partial charge in [-0.25, -0.2) is 0 Å². The maximum absolute atomic E-state index is 12.2. The van der Waals surface area contributed by atoms with E-state index in [0.29, 0.717) is 22.5 Å². The standard InChI is InChI=1S/C15H13ClN2O3/c1-8-6-13-15(21)17-10-3-2-9(16)7-12(10)18(13)11(8)4-5-14(19)20/h2-3,6-7H,4-5H2,1H3,(H,17,21)(H,19,20). The smallest absolute Gasteiger partial charge is 0.303 e. The van der Waals surface area contributed by atoms with Crippen molar-refractivity contribution in [1.82, 2.24) is 9.38 Å². The van der Waals surface area contributed by atoms with Gasteiger partial charge in [0.05, 0.1) is 17.5 Å². The third-order valence-electron chi connectivity index (χ3n) is 3.58. The van der Waals surface area contributed by atoms with E-state index in [1.807, 2.05) is 6.92 Å². The minimum atomic E-state index is -0.864. The number of benzene rings is 1. The SMILES string of the molecule is Cc1cc2c(=O)[nH]c3ccc(Cl)cc3n2c1CCC(=O)O. The molecule has 0 atom stereocenters. The predicted octanol–water partition coefficient (Wildman–Crippen LogP) is 2.76. The Labute approximate surface area is 124 Å². The van der Waals surface area contributed by atoms with Gasteiger partial charge in [0, 0.05) is 10.7 Å². The van der Waals surface area contributed by atoms with Crippen LogP contribution in [-0.4, -0.2) is 20.5 Å². The van der Waals surface area contributed by atoms with Crippen LogP contribution in [0.15, 0.2) is 29.1 Å². The number of H-pyrrole nitrogens is 1. The molecule has 1 aromatic carbocycles. The van der Waals surface area contributed by atoms with E-state index in [-0.39, 0.29) is 12.0 Å². The monoisotopic (exact) mass is 304 g/mol. The molecule has 5 nitrogen and oxygen atoms in total. The summed E-state index contributed by atoms with van der Waals surface area (Å²) in [5.74, 6) is -0.864. The third kappa shape index (κ3) is 2.29. The number of nitrogens with one attached hydrogen (secondary N) is 1. The average molecular weight is 305 g/mol. The number of rotatable bonds is 3. The van der Waals surface area contributed by atoms with E-state index in [4.69, 9.17) is 16.7 Å². The highest BCUT2D eigenvalue weighted by molar-refractivity contribution is 6.31. The van der Waals surface area contributed by atoms with Crippen LogP contribution in [0.3, 0.4) is 0 Å². The highest BCUT2D eigenvalue weighted by Gasteiger charge is 2.14. The summed E-state index contributed by atoms with van der Waals surface area (Å²) in [5, 5.41) is 9.45. The highest BCUT2D eigenvalue weighted by atomic mass is 35.5. The van der Waals surface area contributed by atoms with E-state index in [9.17, 15) is 9.59 Å². The second-order valence-electron chi connectivity index (χ2n) is 5.00.